The number of aromatic nitrogens is 5. The molecule has 0 spiro atoms. The number of hydrogen-bond acceptors (Lipinski definition) is 8. The Morgan fingerprint density at radius 2 is 1.91 bits per heavy atom. The number of rotatable bonds is 5. The Balaban J connectivity index is 1.37. The van der Waals surface area contributed by atoms with E-state index in [9.17, 15) is 8.60 Å². The van der Waals surface area contributed by atoms with Crippen LogP contribution in [0.4, 0.5) is 15.9 Å². The summed E-state index contributed by atoms with van der Waals surface area (Å²) in [5.74, 6) is 1.07. The van der Waals surface area contributed by atoms with E-state index in [0.717, 1.165) is 16.9 Å². The van der Waals surface area contributed by atoms with Crippen LogP contribution < -0.4 is 14.5 Å². The number of pyridine rings is 1. The van der Waals surface area contributed by atoms with Crippen molar-refractivity contribution in [2.24, 2.45) is 0 Å². The molecule has 32 heavy (non-hydrogen) atoms. The van der Waals surface area contributed by atoms with Gasteiger partial charge in [-0.3, -0.25) is 0 Å². The van der Waals surface area contributed by atoms with Gasteiger partial charge in [-0.25, -0.2) is 33.9 Å². The molecular formula is C21H23FN8OS. The van der Waals surface area contributed by atoms with E-state index in [0.29, 0.717) is 43.5 Å². The zero-order valence-electron chi connectivity index (χ0n) is 17.8. The monoisotopic (exact) mass is 454 g/mol. The predicted molar refractivity (Wildman–Crippen MR) is 120 cm³/mol. The van der Waals surface area contributed by atoms with Crippen molar-refractivity contribution >= 4 is 22.5 Å². The van der Waals surface area contributed by atoms with Crippen LogP contribution in [0.2, 0.25) is 0 Å². The van der Waals surface area contributed by atoms with Gasteiger partial charge in [0.05, 0.1) is 28.8 Å². The number of anilines is 2. The van der Waals surface area contributed by atoms with E-state index >= 15 is 0 Å². The minimum absolute atomic E-state index is 0.0556. The minimum atomic E-state index is -1.06. The van der Waals surface area contributed by atoms with Gasteiger partial charge in [0, 0.05) is 74.3 Å². The summed E-state index contributed by atoms with van der Waals surface area (Å²) in [6.07, 6.45) is 7.44. The average Bonchev–Trinajstić information content (AvgIpc) is 2.76. The summed E-state index contributed by atoms with van der Waals surface area (Å²) in [7, 11) is -1.06. The summed E-state index contributed by atoms with van der Waals surface area (Å²) in [6.45, 7) is 4.07. The van der Waals surface area contributed by atoms with E-state index in [1.165, 1.54) is 6.07 Å². The third-order valence-corrected chi connectivity index (χ3v) is 6.48. The van der Waals surface area contributed by atoms with Gasteiger partial charge in [0.1, 0.15) is 5.82 Å². The molecule has 0 amide bonds. The van der Waals surface area contributed by atoms with E-state index in [1.54, 1.807) is 24.7 Å². The first kappa shape index (κ1) is 20.8. The second-order valence-electron chi connectivity index (χ2n) is 7.97. The molecule has 166 valence electrons. The number of fused-ring (bicyclic) bond motifs is 1. The van der Waals surface area contributed by atoms with Gasteiger partial charge in [-0.15, -0.1) is 0 Å². The second kappa shape index (κ2) is 8.47. The summed E-state index contributed by atoms with van der Waals surface area (Å²) in [6, 6.07) is 5.20. The fourth-order valence-electron chi connectivity index (χ4n) is 4.20. The lowest BCUT2D eigenvalue weighted by Gasteiger charge is -2.41. The van der Waals surface area contributed by atoms with E-state index in [-0.39, 0.29) is 12.1 Å². The van der Waals surface area contributed by atoms with Gasteiger partial charge in [0.2, 0.25) is 5.95 Å². The maximum atomic E-state index is 14.4. The first-order valence-electron chi connectivity index (χ1n) is 10.4. The molecule has 2 unspecified atom stereocenters. The lowest BCUT2D eigenvalue weighted by Crippen LogP contribution is -2.58. The Labute approximate surface area is 187 Å². The van der Waals surface area contributed by atoms with Crippen LogP contribution in [0.15, 0.2) is 36.8 Å². The standard InChI is InChI=1S/C21H23FN8OS/c1-13-16-10-25-21(20-23-5-3-6-24-20)26-17(16)4-7-30(13)19-9-15(8-18(22)27-19)29-11-14(12-29)28-32(2)31/h3,5-6,8-10,13-14,28H,4,7,11-12H2,1-2H3. The summed E-state index contributed by atoms with van der Waals surface area (Å²) in [4.78, 5) is 25.9. The highest BCUT2D eigenvalue weighted by atomic mass is 32.2. The largest absolute Gasteiger partial charge is 0.368 e. The Morgan fingerprint density at radius 1 is 1.12 bits per heavy atom. The summed E-state index contributed by atoms with van der Waals surface area (Å²) in [5, 5.41) is 0. The van der Waals surface area contributed by atoms with Crippen molar-refractivity contribution in [1.82, 2.24) is 29.6 Å². The van der Waals surface area contributed by atoms with Crippen LogP contribution in [0, 0.1) is 5.95 Å². The van der Waals surface area contributed by atoms with E-state index in [2.05, 4.69) is 39.4 Å². The molecule has 2 aliphatic heterocycles. The van der Waals surface area contributed by atoms with Crippen molar-refractivity contribution in [2.45, 2.75) is 25.4 Å². The molecule has 11 heteroatoms. The van der Waals surface area contributed by atoms with E-state index in [1.807, 2.05) is 19.2 Å². The molecule has 2 atom stereocenters. The van der Waals surface area contributed by atoms with Crippen LogP contribution in [0.25, 0.3) is 11.6 Å². The quantitative estimate of drug-likeness (QED) is 0.581. The maximum Gasteiger partial charge on any atom is 0.216 e. The van der Waals surface area contributed by atoms with Crippen LogP contribution >= 0.6 is 0 Å². The van der Waals surface area contributed by atoms with Gasteiger partial charge in [-0.2, -0.15) is 4.39 Å². The molecule has 3 aromatic rings. The van der Waals surface area contributed by atoms with Crippen LogP contribution in [-0.4, -0.2) is 61.1 Å². The molecule has 9 nitrogen and oxygen atoms in total. The molecule has 0 radical (unpaired) electrons. The Morgan fingerprint density at radius 3 is 2.66 bits per heavy atom. The molecule has 5 heterocycles. The molecule has 5 rings (SSSR count). The van der Waals surface area contributed by atoms with Crippen LogP contribution in [-0.2, 0) is 17.4 Å². The topological polar surface area (TPSA) is 100 Å². The van der Waals surface area contributed by atoms with Gasteiger partial charge in [-0.05, 0) is 13.0 Å². The zero-order chi connectivity index (χ0) is 22.2. The van der Waals surface area contributed by atoms with Crippen molar-refractivity contribution in [1.29, 1.82) is 0 Å². The van der Waals surface area contributed by atoms with Crippen molar-refractivity contribution in [2.75, 3.05) is 35.7 Å². The smallest absolute Gasteiger partial charge is 0.216 e. The maximum absolute atomic E-state index is 14.4. The molecule has 0 aromatic carbocycles. The Kier molecular flexibility index (Phi) is 5.51. The second-order valence-corrected chi connectivity index (χ2v) is 9.11. The highest BCUT2D eigenvalue weighted by Gasteiger charge is 2.31. The highest BCUT2D eigenvalue weighted by Crippen LogP contribution is 2.34. The number of halogens is 1. The predicted octanol–water partition coefficient (Wildman–Crippen LogP) is 1.66. The number of nitrogens with zero attached hydrogens (tertiary/aromatic N) is 7. The zero-order valence-corrected chi connectivity index (χ0v) is 18.6. The average molecular weight is 455 g/mol. The van der Waals surface area contributed by atoms with Gasteiger partial charge in [0.15, 0.2) is 11.6 Å². The molecule has 1 N–H and O–H groups in total. The van der Waals surface area contributed by atoms with Gasteiger partial charge in [0.25, 0.3) is 0 Å². The molecule has 2 aliphatic rings. The van der Waals surface area contributed by atoms with Gasteiger partial charge >= 0.3 is 0 Å². The normalized spacial score (nSPS) is 19.4. The fraction of sp³-hybridized carbons (Fsp3) is 0.381. The van der Waals surface area contributed by atoms with Gasteiger partial charge in [-0.1, -0.05) is 0 Å². The lowest BCUT2D eigenvalue weighted by molar-refractivity contribution is 0.482. The third kappa shape index (κ3) is 4.05. The molecule has 0 bridgehead atoms. The SMILES string of the molecule is CC1c2cnc(-c3ncccn3)nc2CCN1c1cc(N2CC(NS(C)=O)C2)cc(F)n1. The summed E-state index contributed by atoms with van der Waals surface area (Å²) in [5.41, 5.74) is 2.72. The van der Waals surface area contributed by atoms with Crippen molar-refractivity contribution in [3.8, 4) is 11.6 Å². The first-order valence-corrected chi connectivity index (χ1v) is 12.0. The molecular weight excluding hydrogens is 431 g/mol. The van der Waals surface area contributed by atoms with Gasteiger partial charge < -0.3 is 9.80 Å². The molecule has 0 aliphatic carbocycles. The van der Waals surface area contributed by atoms with Crippen LogP contribution in [0.1, 0.15) is 24.2 Å². The Hall–Kier alpha value is -3.05. The molecule has 0 saturated carbocycles. The molecule has 1 fully saturated rings. The van der Waals surface area contributed by atoms with Crippen molar-refractivity contribution in [3.63, 3.8) is 0 Å². The Bertz CT molecular complexity index is 1160. The van der Waals surface area contributed by atoms with E-state index in [4.69, 9.17) is 0 Å². The van der Waals surface area contributed by atoms with Crippen molar-refractivity contribution < 1.29 is 8.60 Å². The summed E-state index contributed by atoms with van der Waals surface area (Å²) >= 11 is 0. The first-order chi connectivity index (χ1) is 15.5. The van der Waals surface area contributed by atoms with Crippen molar-refractivity contribution in [3.05, 3.63) is 54.0 Å². The third-order valence-electron chi connectivity index (χ3n) is 5.81. The lowest BCUT2D eigenvalue weighted by atomic mass is 9.99. The number of nitrogens with one attached hydrogen (secondary N) is 1. The number of hydrogen-bond donors (Lipinski definition) is 1. The minimum Gasteiger partial charge on any atom is -0.368 e. The van der Waals surface area contributed by atoms with Crippen LogP contribution in [0.5, 0.6) is 0 Å². The summed E-state index contributed by atoms with van der Waals surface area (Å²) < 4.78 is 28.7. The molecule has 1 saturated heterocycles. The fourth-order valence-corrected chi connectivity index (χ4v) is 4.82. The van der Waals surface area contributed by atoms with Crippen LogP contribution in [0.3, 0.4) is 0 Å². The highest BCUT2D eigenvalue weighted by molar-refractivity contribution is 7.82. The van der Waals surface area contributed by atoms with E-state index < -0.39 is 16.9 Å². The molecule has 3 aromatic heterocycles.